The molecule has 3 aromatic rings. The summed E-state index contributed by atoms with van der Waals surface area (Å²) in [5.74, 6) is 0.810. The van der Waals surface area contributed by atoms with E-state index in [0.29, 0.717) is 0 Å². The number of pyridine rings is 1. The van der Waals surface area contributed by atoms with Crippen LogP contribution in [0, 0.1) is 5.92 Å². The predicted octanol–water partition coefficient (Wildman–Crippen LogP) is 3.37. The monoisotopic (exact) mass is 320 g/mol. The number of aromatic nitrogens is 2. The van der Waals surface area contributed by atoms with Crippen LogP contribution < -0.4 is 5.73 Å². The number of nitrogen functional groups attached to an aromatic ring is 1. The van der Waals surface area contributed by atoms with Gasteiger partial charge in [-0.1, -0.05) is 30.3 Å². The second kappa shape index (κ2) is 6.65. The Morgan fingerprint density at radius 2 is 1.79 bits per heavy atom. The standard InChI is InChI=1S/C20H24N4/c21-18-6-7-20-22-19(15-24(20)13-18)14-23-10-8-17(9-11-23)12-16-4-2-1-3-5-16/h1-7,13,15,17H,8-12,14,21H2. The van der Waals surface area contributed by atoms with E-state index in [1.165, 1.54) is 24.8 Å². The van der Waals surface area contributed by atoms with E-state index in [-0.39, 0.29) is 0 Å². The van der Waals surface area contributed by atoms with E-state index in [9.17, 15) is 0 Å². The zero-order valence-corrected chi connectivity index (χ0v) is 13.9. The lowest BCUT2D eigenvalue weighted by atomic mass is 9.90. The molecule has 0 aliphatic carbocycles. The van der Waals surface area contributed by atoms with Crippen LogP contribution in [0.5, 0.6) is 0 Å². The summed E-state index contributed by atoms with van der Waals surface area (Å²) in [7, 11) is 0. The van der Waals surface area contributed by atoms with Gasteiger partial charge in [-0.05, 0) is 56.0 Å². The van der Waals surface area contributed by atoms with Crippen LogP contribution in [0.1, 0.15) is 24.1 Å². The topological polar surface area (TPSA) is 46.6 Å². The molecule has 0 bridgehead atoms. The van der Waals surface area contributed by atoms with Crippen molar-refractivity contribution in [3.05, 3.63) is 66.1 Å². The Balaban J connectivity index is 1.34. The fraction of sp³-hybridized carbons (Fsp3) is 0.350. The lowest BCUT2D eigenvalue weighted by Gasteiger charge is -2.31. The van der Waals surface area contributed by atoms with Crippen molar-refractivity contribution in [1.29, 1.82) is 0 Å². The predicted molar refractivity (Wildman–Crippen MR) is 97.8 cm³/mol. The van der Waals surface area contributed by atoms with Gasteiger partial charge in [0.1, 0.15) is 5.65 Å². The van der Waals surface area contributed by atoms with E-state index < -0.39 is 0 Å². The number of nitrogens with zero attached hydrogens (tertiary/aromatic N) is 3. The first-order valence-corrected chi connectivity index (χ1v) is 8.76. The first-order valence-electron chi connectivity index (χ1n) is 8.76. The molecule has 0 unspecified atom stereocenters. The van der Waals surface area contributed by atoms with Gasteiger partial charge in [-0.25, -0.2) is 4.98 Å². The van der Waals surface area contributed by atoms with E-state index >= 15 is 0 Å². The van der Waals surface area contributed by atoms with E-state index in [2.05, 4.69) is 41.4 Å². The molecule has 0 atom stereocenters. The highest BCUT2D eigenvalue weighted by atomic mass is 15.1. The van der Waals surface area contributed by atoms with Crippen molar-refractivity contribution in [3.63, 3.8) is 0 Å². The van der Waals surface area contributed by atoms with Crippen LogP contribution in [-0.4, -0.2) is 27.4 Å². The van der Waals surface area contributed by atoms with Crippen molar-refractivity contribution in [2.24, 2.45) is 5.92 Å². The molecule has 3 heterocycles. The van der Waals surface area contributed by atoms with E-state index in [4.69, 9.17) is 10.7 Å². The Hall–Kier alpha value is -2.33. The first kappa shape index (κ1) is 15.2. The summed E-state index contributed by atoms with van der Waals surface area (Å²) in [4.78, 5) is 7.22. The van der Waals surface area contributed by atoms with Crippen LogP contribution >= 0.6 is 0 Å². The van der Waals surface area contributed by atoms with Gasteiger partial charge in [0, 0.05) is 24.6 Å². The summed E-state index contributed by atoms with van der Waals surface area (Å²) < 4.78 is 2.02. The minimum Gasteiger partial charge on any atom is -0.398 e. The number of piperidine rings is 1. The van der Waals surface area contributed by atoms with Crippen molar-refractivity contribution < 1.29 is 0 Å². The highest BCUT2D eigenvalue weighted by molar-refractivity contribution is 5.48. The second-order valence-electron chi connectivity index (χ2n) is 6.87. The molecule has 1 aliphatic rings. The fourth-order valence-corrected chi connectivity index (χ4v) is 3.66. The van der Waals surface area contributed by atoms with Crippen molar-refractivity contribution in [3.8, 4) is 0 Å². The summed E-state index contributed by atoms with van der Waals surface area (Å²) in [6.07, 6.45) is 7.78. The van der Waals surface area contributed by atoms with Crippen LogP contribution in [-0.2, 0) is 13.0 Å². The van der Waals surface area contributed by atoms with E-state index in [0.717, 1.165) is 42.6 Å². The van der Waals surface area contributed by atoms with Crippen molar-refractivity contribution in [2.75, 3.05) is 18.8 Å². The molecular formula is C20H24N4. The highest BCUT2D eigenvalue weighted by Gasteiger charge is 2.20. The first-order chi connectivity index (χ1) is 11.8. The molecule has 4 nitrogen and oxygen atoms in total. The molecule has 1 saturated heterocycles. The van der Waals surface area contributed by atoms with Gasteiger partial charge < -0.3 is 10.1 Å². The van der Waals surface area contributed by atoms with Crippen LogP contribution in [0.15, 0.2) is 54.9 Å². The molecule has 1 fully saturated rings. The third-order valence-corrected chi connectivity index (χ3v) is 4.98. The Morgan fingerprint density at radius 3 is 2.58 bits per heavy atom. The van der Waals surface area contributed by atoms with Gasteiger partial charge in [-0.2, -0.15) is 0 Å². The average molecular weight is 320 g/mol. The van der Waals surface area contributed by atoms with Crippen LogP contribution in [0.25, 0.3) is 5.65 Å². The Bertz CT molecular complexity index is 801. The number of benzene rings is 1. The second-order valence-corrected chi connectivity index (χ2v) is 6.87. The van der Waals surface area contributed by atoms with Gasteiger partial charge >= 0.3 is 0 Å². The molecule has 2 aromatic heterocycles. The third-order valence-electron chi connectivity index (χ3n) is 4.98. The SMILES string of the molecule is Nc1ccc2nc(CN3CCC(Cc4ccccc4)CC3)cn2c1. The van der Waals surface area contributed by atoms with Gasteiger partial charge in [0.15, 0.2) is 0 Å². The number of imidazole rings is 1. The molecule has 0 amide bonds. The normalized spacial score (nSPS) is 16.7. The Morgan fingerprint density at radius 1 is 1.00 bits per heavy atom. The van der Waals surface area contributed by atoms with Gasteiger partial charge in [-0.15, -0.1) is 0 Å². The minimum absolute atomic E-state index is 0.771. The Kier molecular flexibility index (Phi) is 4.22. The third kappa shape index (κ3) is 3.44. The van der Waals surface area contributed by atoms with Gasteiger partial charge in [0.25, 0.3) is 0 Å². The summed E-state index contributed by atoms with van der Waals surface area (Å²) in [5, 5.41) is 0. The Labute approximate surface area is 142 Å². The summed E-state index contributed by atoms with van der Waals surface area (Å²) in [6.45, 7) is 3.25. The maximum atomic E-state index is 5.84. The molecule has 4 rings (SSSR count). The number of likely N-dealkylation sites (tertiary alicyclic amines) is 1. The van der Waals surface area contributed by atoms with E-state index in [1.54, 1.807) is 0 Å². The number of hydrogen-bond acceptors (Lipinski definition) is 3. The maximum Gasteiger partial charge on any atom is 0.137 e. The van der Waals surface area contributed by atoms with Crippen LogP contribution in [0.2, 0.25) is 0 Å². The van der Waals surface area contributed by atoms with Gasteiger partial charge in [-0.3, -0.25) is 4.90 Å². The zero-order valence-electron chi connectivity index (χ0n) is 13.9. The molecule has 0 spiro atoms. The van der Waals surface area contributed by atoms with Crippen molar-refractivity contribution >= 4 is 11.3 Å². The lowest BCUT2D eigenvalue weighted by Crippen LogP contribution is -2.33. The van der Waals surface area contributed by atoms with Crippen molar-refractivity contribution in [2.45, 2.75) is 25.8 Å². The number of rotatable bonds is 4. The zero-order chi connectivity index (χ0) is 16.4. The summed E-state index contributed by atoms with van der Waals surface area (Å²) in [5.41, 5.74) is 10.2. The number of fused-ring (bicyclic) bond motifs is 1. The highest BCUT2D eigenvalue weighted by Crippen LogP contribution is 2.23. The smallest absolute Gasteiger partial charge is 0.137 e. The number of anilines is 1. The van der Waals surface area contributed by atoms with Crippen LogP contribution in [0.3, 0.4) is 0 Å². The number of nitrogens with two attached hydrogens (primary N) is 1. The lowest BCUT2D eigenvalue weighted by molar-refractivity contribution is 0.175. The molecule has 4 heteroatoms. The molecule has 1 aromatic carbocycles. The molecule has 0 saturated carbocycles. The molecule has 124 valence electrons. The fourth-order valence-electron chi connectivity index (χ4n) is 3.66. The molecule has 2 N–H and O–H groups in total. The van der Waals surface area contributed by atoms with Crippen LogP contribution in [0.4, 0.5) is 5.69 Å². The minimum atomic E-state index is 0.771. The number of hydrogen-bond donors (Lipinski definition) is 1. The summed E-state index contributed by atoms with van der Waals surface area (Å²) in [6, 6.07) is 14.7. The summed E-state index contributed by atoms with van der Waals surface area (Å²) >= 11 is 0. The molecule has 1 aliphatic heterocycles. The molecule has 24 heavy (non-hydrogen) atoms. The molecule has 0 radical (unpaired) electrons. The van der Waals surface area contributed by atoms with E-state index in [1.807, 2.05) is 22.7 Å². The van der Waals surface area contributed by atoms with Gasteiger partial charge in [0.2, 0.25) is 0 Å². The van der Waals surface area contributed by atoms with Gasteiger partial charge in [0.05, 0.1) is 5.69 Å². The average Bonchev–Trinajstić information content (AvgIpc) is 2.99. The maximum absolute atomic E-state index is 5.84. The van der Waals surface area contributed by atoms with Crippen molar-refractivity contribution in [1.82, 2.24) is 14.3 Å². The molecular weight excluding hydrogens is 296 g/mol. The quantitative estimate of drug-likeness (QED) is 0.802. The largest absolute Gasteiger partial charge is 0.398 e.